The zero-order valence-electron chi connectivity index (χ0n) is 19.1. The van der Waals surface area contributed by atoms with Crippen LogP contribution in [-0.4, -0.2) is 84.7 Å². The molecule has 2 atom stereocenters. The van der Waals surface area contributed by atoms with Gasteiger partial charge in [-0.2, -0.15) is 0 Å². The standard InChI is InChI=1S/C22H40N6O.HI/c1-4-23-22(24-8-5-6-9-27-16-19(2)15-20(3)17-27)28-12-10-26(11-13-28)18-21-7-14-29-25-21;/h7,14,19-20H,4-6,8-13,15-18H2,1-3H3,(H,23,24);1H. The predicted octanol–water partition coefficient (Wildman–Crippen LogP) is 3.13. The number of halogens is 1. The predicted molar refractivity (Wildman–Crippen MR) is 133 cm³/mol. The molecule has 0 saturated carbocycles. The fourth-order valence-electron chi connectivity index (χ4n) is 4.70. The molecule has 8 heteroatoms. The van der Waals surface area contributed by atoms with E-state index in [-0.39, 0.29) is 24.0 Å². The number of piperazine rings is 1. The largest absolute Gasteiger partial charge is 0.364 e. The summed E-state index contributed by atoms with van der Waals surface area (Å²) in [5.74, 6) is 2.77. The first-order valence-electron chi connectivity index (χ1n) is 11.5. The first-order chi connectivity index (χ1) is 14.1. The summed E-state index contributed by atoms with van der Waals surface area (Å²) in [4.78, 5) is 12.4. The molecule has 0 bridgehead atoms. The number of guanidine groups is 1. The number of unbranched alkanes of at least 4 members (excludes halogenated alkanes) is 1. The van der Waals surface area contributed by atoms with Crippen molar-refractivity contribution in [3.8, 4) is 0 Å². The van der Waals surface area contributed by atoms with Gasteiger partial charge in [-0.3, -0.25) is 9.89 Å². The van der Waals surface area contributed by atoms with E-state index in [9.17, 15) is 0 Å². The van der Waals surface area contributed by atoms with Gasteiger partial charge in [-0.05, 0) is 44.6 Å². The lowest BCUT2D eigenvalue weighted by molar-refractivity contribution is 0.139. The van der Waals surface area contributed by atoms with E-state index in [0.717, 1.165) is 69.3 Å². The van der Waals surface area contributed by atoms with Gasteiger partial charge in [-0.1, -0.05) is 19.0 Å². The first-order valence-corrected chi connectivity index (χ1v) is 11.5. The molecule has 172 valence electrons. The van der Waals surface area contributed by atoms with E-state index < -0.39 is 0 Å². The zero-order valence-corrected chi connectivity index (χ0v) is 21.4. The Morgan fingerprint density at radius 2 is 1.87 bits per heavy atom. The van der Waals surface area contributed by atoms with E-state index in [1.165, 1.54) is 38.9 Å². The second-order valence-corrected chi connectivity index (χ2v) is 8.90. The van der Waals surface area contributed by atoms with Gasteiger partial charge >= 0.3 is 0 Å². The fourth-order valence-corrected chi connectivity index (χ4v) is 4.70. The molecule has 0 aliphatic carbocycles. The molecular weight excluding hydrogens is 491 g/mol. The Kier molecular flexibility index (Phi) is 11.4. The van der Waals surface area contributed by atoms with Crippen LogP contribution in [0.1, 0.15) is 45.7 Å². The number of likely N-dealkylation sites (tertiary alicyclic amines) is 1. The molecule has 0 amide bonds. The Morgan fingerprint density at radius 1 is 1.13 bits per heavy atom. The molecule has 0 spiro atoms. The minimum Gasteiger partial charge on any atom is -0.364 e. The molecule has 2 aliphatic rings. The van der Waals surface area contributed by atoms with Gasteiger partial charge < -0.3 is 19.6 Å². The number of hydrogen-bond donors (Lipinski definition) is 1. The zero-order chi connectivity index (χ0) is 20.5. The Hall–Kier alpha value is -0.870. The van der Waals surface area contributed by atoms with Crippen LogP contribution in [-0.2, 0) is 6.54 Å². The number of hydrogen-bond acceptors (Lipinski definition) is 5. The Balaban J connectivity index is 0.00000320. The van der Waals surface area contributed by atoms with E-state index in [0.29, 0.717) is 0 Å². The van der Waals surface area contributed by atoms with Crippen LogP contribution in [0.15, 0.2) is 21.8 Å². The van der Waals surface area contributed by atoms with E-state index in [1.807, 2.05) is 6.07 Å². The lowest BCUT2D eigenvalue weighted by Gasteiger charge is -2.36. The third-order valence-corrected chi connectivity index (χ3v) is 5.97. The Labute approximate surface area is 199 Å². The molecule has 2 unspecified atom stereocenters. The quantitative estimate of drug-likeness (QED) is 0.240. The molecule has 3 rings (SSSR count). The molecule has 2 fully saturated rings. The van der Waals surface area contributed by atoms with Crippen molar-refractivity contribution in [3.63, 3.8) is 0 Å². The molecule has 1 aromatic heterocycles. The van der Waals surface area contributed by atoms with Crippen LogP contribution in [0.4, 0.5) is 0 Å². The minimum absolute atomic E-state index is 0. The maximum atomic E-state index is 4.94. The Morgan fingerprint density at radius 3 is 2.50 bits per heavy atom. The van der Waals surface area contributed by atoms with E-state index in [1.54, 1.807) is 6.26 Å². The van der Waals surface area contributed by atoms with Crippen LogP contribution in [0.5, 0.6) is 0 Å². The van der Waals surface area contributed by atoms with Gasteiger partial charge in [0.05, 0.1) is 5.69 Å². The summed E-state index contributed by atoms with van der Waals surface area (Å²) in [7, 11) is 0. The molecule has 7 nitrogen and oxygen atoms in total. The number of nitrogens with one attached hydrogen (secondary N) is 1. The van der Waals surface area contributed by atoms with Crippen molar-refractivity contribution in [1.29, 1.82) is 0 Å². The number of nitrogens with zero attached hydrogens (tertiary/aromatic N) is 5. The summed E-state index contributed by atoms with van der Waals surface area (Å²) >= 11 is 0. The highest BCUT2D eigenvalue weighted by Crippen LogP contribution is 2.21. The van der Waals surface area contributed by atoms with Gasteiger partial charge in [0.1, 0.15) is 6.26 Å². The summed E-state index contributed by atoms with van der Waals surface area (Å²) < 4.78 is 4.94. The topological polar surface area (TPSA) is 60.1 Å². The van der Waals surface area contributed by atoms with Crippen LogP contribution in [0.3, 0.4) is 0 Å². The summed E-state index contributed by atoms with van der Waals surface area (Å²) in [5, 5.41) is 7.51. The fraction of sp³-hybridized carbons (Fsp3) is 0.818. The summed E-state index contributed by atoms with van der Waals surface area (Å²) in [6.07, 6.45) is 5.45. The summed E-state index contributed by atoms with van der Waals surface area (Å²) in [6, 6.07) is 1.95. The second kappa shape index (κ2) is 13.5. The highest BCUT2D eigenvalue weighted by molar-refractivity contribution is 14.0. The number of rotatable bonds is 8. The molecule has 3 heterocycles. The third-order valence-electron chi connectivity index (χ3n) is 5.97. The second-order valence-electron chi connectivity index (χ2n) is 8.90. The molecule has 1 N–H and O–H groups in total. The minimum atomic E-state index is 0. The van der Waals surface area contributed by atoms with Crippen LogP contribution in [0.2, 0.25) is 0 Å². The van der Waals surface area contributed by atoms with Crippen molar-refractivity contribution < 1.29 is 4.52 Å². The average molecular weight is 533 g/mol. The van der Waals surface area contributed by atoms with E-state index in [2.05, 4.69) is 45.9 Å². The van der Waals surface area contributed by atoms with Crippen molar-refractivity contribution in [2.45, 2.75) is 46.6 Å². The van der Waals surface area contributed by atoms with Crippen molar-refractivity contribution in [1.82, 2.24) is 25.2 Å². The molecule has 2 aliphatic heterocycles. The lowest BCUT2D eigenvalue weighted by Crippen LogP contribution is -2.52. The van der Waals surface area contributed by atoms with Crippen molar-refractivity contribution in [2.75, 3.05) is 58.9 Å². The molecule has 1 aromatic rings. The lowest BCUT2D eigenvalue weighted by atomic mass is 9.92. The van der Waals surface area contributed by atoms with Gasteiger partial charge in [-0.15, -0.1) is 24.0 Å². The number of piperidine rings is 1. The summed E-state index contributed by atoms with van der Waals surface area (Å²) in [5.41, 5.74) is 1.01. The molecular formula is C22H41IN6O. The highest BCUT2D eigenvalue weighted by atomic mass is 127. The van der Waals surface area contributed by atoms with Crippen molar-refractivity contribution in [2.24, 2.45) is 16.8 Å². The molecule has 30 heavy (non-hydrogen) atoms. The van der Waals surface area contributed by atoms with E-state index in [4.69, 9.17) is 9.52 Å². The molecule has 2 saturated heterocycles. The van der Waals surface area contributed by atoms with Gasteiger partial charge in [-0.25, -0.2) is 0 Å². The number of aliphatic imine (C=N–C) groups is 1. The molecule has 0 radical (unpaired) electrons. The van der Waals surface area contributed by atoms with Crippen LogP contribution in [0.25, 0.3) is 0 Å². The smallest absolute Gasteiger partial charge is 0.194 e. The normalized spacial score (nSPS) is 24.0. The monoisotopic (exact) mass is 532 g/mol. The van der Waals surface area contributed by atoms with Gasteiger partial charge in [0, 0.05) is 65.0 Å². The van der Waals surface area contributed by atoms with Crippen LogP contribution in [0, 0.1) is 11.8 Å². The van der Waals surface area contributed by atoms with Crippen molar-refractivity contribution >= 4 is 29.9 Å². The average Bonchev–Trinajstić information content (AvgIpc) is 3.20. The summed E-state index contributed by atoms with van der Waals surface area (Å²) in [6.45, 7) is 17.5. The number of aromatic nitrogens is 1. The van der Waals surface area contributed by atoms with Crippen molar-refractivity contribution in [3.05, 3.63) is 18.0 Å². The van der Waals surface area contributed by atoms with Gasteiger partial charge in [0.25, 0.3) is 0 Å². The van der Waals surface area contributed by atoms with Crippen LogP contribution >= 0.6 is 24.0 Å². The third kappa shape index (κ3) is 8.34. The molecule has 0 aromatic carbocycles. The first kappa shape index (κ1) is 25.4. The Bertz CT molecular complexity index is 593. The highest BCUT2D eigenvalue weighted by Gasteiger charge is 2.22. The maximum absolute atomic E-state index is 4.94. The maximum Gasteiger partial charge on any atom is 0.194 e. The van der Waals surface area contributed by atoms with E-state index >= 15 is 0 Å². The van der Waals surface area contributed by atoms with Crippen LogP contribution < -0.4 is 5.32 Å². The van der Waals surface area contributed by atoms with Gasteiger partial charge in [0.2, 0.25) is 0 Å². The van der Waals surface area contributed by atoms with Gasteiger partial charge in [0.15, 0.2) is 5.96 Å². The SMILES string of the molecule is CCNC(=NCCCCN1CC(C)CC(C)C1)N1CCN(Cc2ccon2)CC1.I.